The Labute approximate surface area is 120 Å². The molecule has 0 atom stereocenters. The van der Waals surface area contributed by atoms with Gasteiger partial charge in [-0.05, 0) is 25.5 Å². The SMILES string of the molecule is CN(C)CCOc1ccc2ccccc2c1C#CCN. The van der Waals surface area contributed by atoms with E-state index in [0.717, 1.165) is 28.6 Å². The lowest BCUT2D eigenvalue weighted by Crippen LogP contribution is -2.19. The van der Waals surface area contributed by atoms with Gasteiger partial charge in [0.05, 0.1) is 12.1 Å². The molecule has 3 heteroatoms. The zero-order valence-electron chi connectivity index (χ0n) is 12.0. The molecule has 20 heavy (non-hydrogen) atoms. The summed E-state index contributed by atoms with van der Waals surface area (Å²) in [4.78, 5) is 2.09. The molecule has 104 valence electrons. The average Bonchev–Trinajstić information content (AvgIpc) is 2.45. The van der Waals surface area contributed by atoms with Crippen molar-refractivity contribution in [2.24, 2.45) is 5.73 Å². The van der Waals surface area contributed by atoms with Crippen LogP contribution in [0.1, 0.15) is 5.56 Å². The Morgan fingerprint density at radius 3 is 2.70 bits per heavy atom. The van der Waals surface area contributed by atoms with Gasteiger partial charge in [0.1, 0.15) is 12.4 Å². The second kappa shape index (κ2) is 6.95. The van der Waals surface area contributed by atoms with Crippen LogP contribution < -0.4 is 10.5 Å². The maximum absolute atomic E-state index is 5.87. The lowest BCUT2D eigenvalue weighted by Gasteiger charge is -2.13. The summed E-state index contributed by atoms with van der Waals surface area (Å²) in [6.07, 6.45) is 0. The third-order valence-electron chi connectivity index (χ3n) is 3.00. The van der Waals surface area contributed by atoms with Crippen LogP contribution in [0.2, 0.25) is 0 Å². The first-order chi connectivity index (χ1) is 9.72. The number of fused-ring (bicyclic) bond motifs is 1. The Hall–Kier alpha value is -2.02. The highest BCUT2D eigenvalue weighted by molar-refractivity contribution is 5.90. The van der Waals surface area contributed by atoms with Crippen LogP contribution in [-0.2, 0) is 0 Å². The number of nitrogens with zero attached hydrogens (tertiary/aromatic N) is 1. The molecule has 0 aliphatic carbocycles. The Morgan fingerprint density at radius 2 is 1.95 bits per heavy atom. The molecule has 0 radical (unpaired) electrons. The molecule has 0 aliphatic heterocycles. The molecule has 2 rings (SSSR count). The van der Waals surface area contributed by atoms with Crippen molar-refractivity contribution in [3.8, 4) is 17.6 Å². The van der Waals surface area contributed by atoms with E-state index in [9.17, 15) is 0 Å². The third kappa shape index (κ3) is 3.51. The molecule has 3 nitrogen and oxygen atoms in total. The van der Waals surface area contributed by atoms with E-state index in [1.54, 1.807) is 0 Å². The highest BCUT2D eigenvalue weighted by atomic mass is 16.5. The first kappa shape index (κ1) is 14.4. The van der Waals surface area contributed by atoms with Crippen LogP contribution in [0.4, 0.5) is 0 Å². The monoisotopic (exact) mass is 268 g/mol. The number of likely N-dealkylation sites (N-methyl/N-ethyl adjacent to an activating group) is 1. The Balaban J connectivity index is 2.37. The van der Waals surface area contributed by atoms with Crippen LogP contribution in [-0.4, -0.2) is 38.7 Å². The van der Waals surface area contributed by atoms with E-state index in [1.807, 2.05) is 32.3 Å². The first-order valence-electron chi connectivity index (χ1n) is 6.70. The molecule has 2 N–H and O–H groups in total. The second-order valence-electron chi connectivity index (χ2n) is 4.82. The molecule has 0 spiro atoms. The van der Waals surface area contributed by atoms with Crippen molar-refractivity contribution < 1.29 is 4.74 Å². The summed E-state index contributed by atoms with van der Waals surface area (Å²) in [7, 11) is 4.05. The number of nitrogens with two attached hydrogens (primary N) is 1. The summed E-state index contributed by atoms with van der Waals surface area (Å²) >= 11 is 0. The van der Waals surface area contributed by atoms with Gasteiger partial charge in [-0.3, -0.25) is 0 Å². The number of hydrogen-bond donors (Lipinski definition) is 1. The van der Waals surface area contributed by atoms with Crippen LogP contribution in [0.25, 0.3) is 10.8 Å². The van der Waals surface area contributed by atoms with Gasteiger partial charge < -0.3 is 15.4 Å². The second-order valence-corrected chi connectivity index (χ2v) is 4.82. The van der Waals surface area contributed by atoms with Gasteiger partial charge in [-0.15, -0.1) is 0 Å². The Kier molecular flexibility index (Phi) is 5.00. The molecule has 0 bridgehead atoms. The lowest BCUT2D eigenvalue weighted by molar-refractivity contribution is 0.261. The van der Waals surface area contributed by atoms with Gasteiger partial charge in [0.25, 0.3) is 0 Å². The van der Waals surface area contributed by atoms with Crippen LogP contribution in [0.3, 0.4) is 0 Å². The van der Waals surface area contributed by atoms with E-state index in [0.29, 0.717) is 13.2 Å². The Bertz CT molecular complexity index is 638. The van der Waals surface area contributed by atoms with E-state index in [4.69, 9.17) is 10.5 Å². The molecular weight excluding hydrogens is 248 g/mol. The van der Waals surface area contributed by atoms with Gasteiger partial charge in [-0.1, -0.05) is 42.2 Å². The van der Waals surface area contributed by atoms with E-state index in [-0.39, 0.29) is 0 Å². The van der Waals surface area contributed by atoms with Crippen LogP contribution in [0.5, 0.6) is 5.75 Å². The summed E-state index contributed by atoms with van der Waals surface area (Å²) in [6.45, 7) is 1.86. The Morgan fingerprint density at radius 1 is 1.15 bits per heavy atom. The smallest absolute Gasteiger partial charge is 0.135 e. The number of benzene rings is 2. The maximum atomic E-state index is 5.87. The molecule has 0 aliphatic rings. The molecule has 0 saturated carbocycles. The minimum atomic E-state index is 0.348. The van der Waals surface area contributed by atoms with Crippen LogP contribution in [0.15, 0.2) is 36.4 Å². The van der Waals surface area contributed by atoms with Crippen molar-refractivity contribution in [3.05, 3.63) is 42.0 Å². The molecule has 0 unspecified atom stereocenters. The fourth-order valence-electron chi connectivity index (χ4n) is 1.98. The summed E-state index contributed by atoms with van der Waals surface area (Å²) in [5.74, 6) is 6.89. The topological polar surface area (TPSA) is 38.5 Å². The predicted molar refractivity (Wildman–Crippen MR) is 83.9 cm³/mol. The first-order valence-corrected chi connectivity index (χ1v) is 6.70. The zero-order chi connectivity index (χ0) is 14.4. The fraction of sp³-hybridized carbons (Fsp3) is 0.294. The van der Waals surface area contributed by atoms with Crippen molar-refractivity contribution in [1.82, 2.24) is 4.90 Å². The summed E-state index contributed by atoms with van der Waals surface area (Å²) in [5, 5.41) is 2.27. The molecule has 0 heterocycles. The summed E-state index contributed by atoms with van der Waals surface area (Å²) < 4.78 is 5.87. The molecule has 2 aromatic carbocycles. The minimum Gasteiger partial charge on any atom is -0.491 e. The third-order valence-corrected chi connectivity index (χ3v) is 3.00. The molecule has 0 fully saturated rings. The standard InChI is InChI=1S/C17H20N2O/c1-19(2)12-13-20-17-10-9-14-6-3-4-7-15(14)16(17)8-5-11-18/h3-4,6-7,9-10H,11-13,18H2,1-2H3. The maximum Gasteiger partial charge on any atom is 0.135 e. The molecule has 0 aromatic heterocycles. The quantitative estimate of drug-likeness (QED) is 0.863. The lowest BCUT2D eigenvalue weighted by atomic mass is 10.0. The minimum absolute atomic E-state index is 0.348. The predicted octanol–water partition coefficient (Wildman–Crippen LogP) is 2.09. The van der Waals surface area contributed by atoms with E-state index in [1.165, 1.54) is 0 Å². The largest absolute Gasteiger partial charge is 0.491 e. The highest BCUT2D eigenvalue weighted by Gasteiger charge is 2.06. The van der Waals surface area contributed by atoms with Crippen LogP contribution >= 0.6 is 0 Å². The van der Waals surface area contributed by atoms with E-state index < -0.39 is 0 Å². The number of ether oxygens (including phenoxy) is 1. The van der Waals surface area contributed by atoms with Gasteiger partial charge in [-0.2, -0.15) is 0 Å². The van der Waals surface area contributed by atoms with Gasteiger partial charge in [0, 0.05) is 11.9 Å². The number of rotatable bonds is 4. The summed E-state index contributed by atoms with van der Waals surface area (Å²) in [5.41, 5.74) is 6.41. The molecular formula is C17H20N2O. The molecule has 2 aromatic rings. The van der Waals surface area contributed by atoms with Crippen molar-refractivity contribution in [2.45, 2.75) is 0 Å². The van der Waals surface area contributed by atoms with E-state index in [2.05, 4.69) is 34.9 Å². The van der Waals surface area contributed by atoms with Gasteiger partial charge in [0.15, 0.2) is 0 Å². The van der Waals surface area contributed by atoms with E-state index >= 15 is 0 Å². The average molecular weight is 268 g/mol. The van der Waals surface area contributed by atoms with Gasteiger partial charge >= 0.3 is 0 Å². The van der Waals surface area contributed by atoms with Crippen molar-refractivity contribution in [1.29, 1.82) is 0 Å². The molecule has 0 saturated heterocycles. The van der Waals surface area contributed by atoms with Gasteiger partial charge in [0.2, 0.25) is 0 Å². The normalized spacial score (nSPS) is 10.4. The van der Waals surface area contributed by atoms with Gasteiger partial charge in [-0.25, -0.2) is 0 Å². The van der Waals surface area contributed by atoms with Crippen molar-refractivity contribution in [2.75, 3.05) is 33.8 Å². The van der Waals surface area contributed by atoms with Crippen molar-refractivity contribution in [3.63, 3.8) is 0 Å². The zero-order valence-corrected chi connectivity index (χ0v) is 12.0. The van der Waals surface area contributed by atoms with Crippen LogP contribution in [0, 0.1) is 11.8 Å². The molecule has 0 amide bonds. The van der Waals surface area contributed by atoms with Crippen molar-refractivity contribution >= 4 is 10.8 Å². The highest BCUT2D eigenvalue weighted by Crippen LogP contribution is 2.27. The summed E-state index contributed by atoms with van der Waals surface area (Å²) in [6, 6.07) is 12.2. The number of hydrogen-bond acceptors (Lipinski definition) is 3. The fourth-order valence-corrected chi connectivity index (χ4v) is 1.98.